The van der Waals surface area contributed by atoms with Gasteiger partial charge in [-0.25, -0.2) is 8.42 Å². The third-order valence-electron chi connectivity index (χ3n) is 6.95. The molecule has 1 atom stereocenters. The van der Waals surface area contributed by atoms with E-state index in [1.807, 2.05) is 45.0 Å². The maximum Gasteiger partial charge on any atom is 0.264 e. The zero-order chi connectivity index (χ0) is 25.7. The first-order chi connectivity index (χ1) is 17.3. The molecule has 3 aromatic rings. The third-order valence-corrected chi connectivity index (χ3v) is 8.73. The Morgan fingerprint density at radius 3 is 2.25 bits per heavy atom. The Morgan fingerprint density at radius 2 is 1.58 bits per heavy atom. The molecule has 4 rings (SSSR count). The number of carbonyl (C=O) groups excluding carboxylic acids is 1. The molecule has 1 N–H and O–H groups in total. The lowest BCUT2D eigenvalue weighted by molar-refractivity contribution is -0.120. The fourth-order valence-corrected chi connectivity index (χ4v) is 6.15. The van der Waals surface area contributed by atoms with E-state index in [1.54, 1.807) is 36.4 Å². The van der Waals surface area contributed by atoms with Gasteiger partial charge >= 0.3 is 0 Å². The van der Waals surface area contributed by atoms with Crippen LogP contribution < -0.4 is 14.5 Å². The highest BCUT2D eigenvalue weighted by atomic mass is 32.2. The van der Waals surface area contributed by atoms with Gasteiger partial charge in [0.05, 0.1) is 16.6 Å². The minimum absolute atomic E-state index is 0.153. The Hall–Kier alpha value is -3.32. The van der Waals surface area contributed by atoms with Crippen LogP contribution in [0.15, 0.2) is 77.7 Å². The average Bonchev–Trinajstić information content (AvgIpc) is 2.90. The largest absolute Gasteiger partial charge is 0.372 e. The van der Waals surface area contributed by atoms with Crippen molar-refractivity contribution in [3.05, 3.63) is 89.5 Å². The van der Waals surface area contributed by atoms with Crippen molar-refractivity contribution in [1.82, 2.24) is 5.32 Å². The summed E-state index contributed by atoms with van der Waals surface area (Å²) in [4.78, 5) is 15.7. The number of sulfonamides is 1. The number of hydrogen-bond donors (Lipinski definition) is 1. The zero-order valence-electron chi connectivity index (χ0n) is 21.3. The van der Waals surface area contributed by atoms with E-state index in [0.29, 0.717) is 5.69 Å². The number of rotatable bonds is 8. The van der Waals surface area contributed by atoms with Crippen LogP contribution in [0.5, 0.6) is 0 Å². The van der Waals surface area contributed by atoms with E-state index in [9.17, 15) is 13.2 Å². The lowest BCUT2D eigenvalue weighted by Gasteiger charge is -2.29. The van der Waals surface area contributed by atoms with E-state index < -0.39 is 10.0 Å². The molecule has 190 valence electrons. The molecular formula is C29H35N3O3S. The Morgan fingerprint density at radius 1 is 0.917 bits per heavy atom. The number of benzene rings is 3. The summed E-state index contributed by atoms with van der Waals surface area (Å²) in [5.74, 6) is -0.358. The SMILES string of the molecule is Cc1cccc(N(CC(=O)NC(C)c2ccc(N3CCCCC3)cc2)S(=O)(=O)c2ccccc2)c1C. The quantitative estimate of drug-likeness (QED) is 0.447. The molecule has 1 fully saturated rings. The number of nitrogens with one attached hydrogen (secondary N) is 1. The molecular weight excluding hydrogens is 470 g/mol. The van der Waals surface area contributed by atoms with Gasteiger partial charge in [-0.3, -0.25) is 9.10 Å². The van der Waals surface area contributed by atoms with Crippen LogP contribution in [0.1, 0.15) is 48.9 Å². The molecule has 0 saturated carbocycles. The molecule has 1 saturated heterocycles. The predicted molar refractivity (Wildman–Crippen MR) is 146 cm³/mol. The van der Waals surface area contributed by atoms with Crippen molar-refractivity contribution in [3.8, 4) is 0 Å². The first-order valence-electron chi connectivity index (χ1n) is 12.6. The summed E-state index contributed by atoms with van der Waals surface area (Å²) in [6.07, 6.45) is 3.73. The van der Waals surface area contributed by atoms with E-state index in [1.165, 1.54) is 29.3 Å². The second-order valence-corrected chi connectivity index (χ2v) is 11.3. The van der Waals surface area contributed by atoms with Crippen molar-refractivity contribution in [2.45, 2.75) is 51.0 Å². The van der Waals surface area contributed by atoms with E-state index >= 15 is 0 Å². The van der Waals surface area contributed by atoms with Gasteiger partial charge in [0.25, 0.3) is 10.0 Å². The first-order valence-corrected chi connectivity index (χ1v) is 14.0. The number of aryl methyl sites for hydroxylation is 1. The van der Waals surface area contributed by atoms with Gasteiger partial charge < -0.3 is 10.2 Å². The molecule has 0 spiro atoms. The summed E-state index contributed by atoms with van der Waals surface area (Å²) in [6, 6.07) is 21.8. The minimum atomic E-state index is -3.94. The second kappa shape index (κ2) is 11.2. The highest BCUT2D eigenvalue weighted by Crippen LogP contribution is 2.29. The van der Waals surface area contributed by atoms with Gasteiger partial charge in [0, 0.05) is 18.8 Å². The second-order valence-electron chi connectivity index (χ2n) is 9.47. The van der Waals surface area contributed by atoms with Crippen molar-refractivity contribution in [2.24, 2.45) is 0 Å². The van der Waals surface area contributed by atoms with Gasteiger partial charge in [-0.2, -0.15) is 0 Å². The Labute approximate surface area is 215 Å². The van der Waals surface area contributed by atoms with Gasteiger partial charge in [-0.05, 0) is 87.1 Å². The molecule has 1 aliphatic heterocycles. The Balaban J connectivity index is 1.53. The number of hydrogen-bond acceptors (Lipinski definition) is 4. The van der Waals surface area contributed by atoms with Crippen LogP contribution in [-0.4, -0.2) is 34.0 Å². The van der Waals surface area contributed by atoms with Crippen LogP contribution in [-0.2, 0) is 14.8 Å². The molecule has 7 heteroatoms. The van der Waals surface area contributed by atoms with Crippen molar-refractivity contribution in [1.29, 1.82) is 0 Å². The van der Waals surface area contributed by atoms with Crippen LogP contribution in [0, 0.1) is 13.8 Å². The van der Waals surface area contributed by atoms with Crippen LogP contribution in [0.3, 0.4) is 0 Å². The monoisotopic (exact) mass is 505 g/mol. The molecule has 1 unspecified atom stereocenters. The van der Waals surface area contributed by atoms with Crippen molar-refractivity contribution in [3.63, 3.8) is 0 Å². The van der Waals surface area contributed by atoms with Gasteiger partial charge in [-0.15, -0.1) is 0 Å². The highest BCUT2D eigenvalue weighted by Gasteiger charge is 2.29. The standard InChI is InChI=1S/C29H35N3O3S/c1-22-11-10-14-28(23(22)2)32(36(34,35)27-12-6-4-7-13-27)21-29(33)30-24(3)25-15-17-26(18-16-25)31-19-8-5-9-20-31/h4,6-7,10-18,24H,5,8-9,19-21H2,1-3H3,(H,30,33). The fraction of sp³-hybridized carbons (Fsp3) is 0.345. The molecule has 0 radical (unpaired) electrons. The first kappa shape index (κ1) is 25.8. The lowest BCUT2D eigenvalue weighted by atomic mass is 10.1. The molecule has 0 aliphatic carbocycles. The average molecular weight is 506 g/mol. The Kier molecular flexibility index (Phi) is 7.99. The molecule has 1 amide bonds. The van der Waals surface area contributed by atoms with E-state index in [-0.39, 0.29) is 23.4 Å². The predicted octanol–water partition coefficient (Wildman–Crippen LogP) is 5.37. The number of anilines is 2. The van der Waals surface area contributed by atoms with Gasteiger partial charge in [0.1, 0.15) is 6.54 Å². The maximum atomic E-state index is 13.6. The molecule has 6 nitrogen and oxygen atoms in total. The number of carbonyl (C=O) groups is 1. The molecule has 3 aromatic carbocycles. The lowest BCUT2D eigenvalue weighted by Crippen LogP contribution is -2.42. The molecule has 1 aliphatic rings. The van der Waals surface area contributed by atoms with E-state index in [4.69, 9.17) is 0 Å². The summed E-state index contributed by atoms with van der Waals surface area (Å²) in [5, 5.41) is 2.99. The molecule has 0 bridgehead atoms. The number of nitrogens with zero attached hydrogens (tertiary/aromatic N) is 2. The van der Waals surface area contributed by atoms with Crippen LogP contribution in [0.25, 0.3) is 0 Å². The summed E-state index contributed by atoms with van der Waals surface area (Å²) in [5.41, 5.74) is 4.47. The highest BCUT2D eigenvalue weighted by molar-refractivity contribution is 7.92. The van der Waals surface area contributed by atoms with Crippen LogP contribution >= 0.6 is 0 Å². The van der Waals surface area contributed by atoms with E-state index in [0.717, 1.165) is 29.8 Å². The summed E-state index contributed by atoms with van der Waals surface area (Å²) in [7, 11) is -3.94. The Bertz CT molecular complexity index is 1290. The number of piperidine rings is 1. The van der Waals surface area contributed by atoms with Gasteiger partial charge in [0.15, 0.2) is 0 Å². The maximum absolute atomic E-state index is 13.6. The van der Waals surface area contributed by atoms with Crippen molar-refractivity contribution in [2.75, 3.05) is 28.8 Å². The third kappa shape index (κ3) is 5.73. The fourth-order valence-electron chi connectivity index (χ4n) is 4.65. The number of amides is 1. The molecule has 36 heavy (non-hydrogen) atoms. The summed E-state index contributed by atoms with van der Waals surface area (Å²) in [6.45, 7) is 7.58. The smallest absolute Gasteiger partial charge is 0.264 e. The van der Waals surface area contributed by atoms with Crippen LogP contribution in [0.4, 0.5) is 11.4 Å². The summed E-state index contributed by atoms with van der Waals surface area (Å²) >= 11 is 0. The van der Waals surface area contributed by atoms with Gasteiger partial charge in [-0.1, -0.05) is 42.5 Å². The van der Waals surface area contributed by atoms with Crippen molar-refractivity contribution >= 4 is 27.3 Å². The molecule has 1 heterocycles. The van der Waals surface area contributed by atoms with Gasteiger partial charge in [0.2, 0.25) is 5.91 Å². The minimum Gasteiger partial charge on any atom is -0.372 e. The van der Waals surface area contributed by atoms with E-state index in [2.05, 4.69) is 22.3 Å². The van der Waals surface area contributed by atoms with Crippen molar-refractivity contribution < 1.29 is 13.2 Å². The summed E-state index contributed by atoms with van der Waals surface area (Å²) < 4.78 is 28.4. The van der Waals surface area contributed by atoms with Crippen LogP contribution in [0.2, 0.25) is 0 Å². The molecule has 0 aromatic heterocycles. The normalized spacial score (nSPS) is 14.8. The topological polar surface area (TPSA) is 69.7 Å². The zero-order valence-corrected chi connectivity index (χ0v) is 22.1.